The maximum Gasteiger partial charge on any atom is 0.249 e. The number of carbonyl (C=O) groups is 2. The van der Waals surface area contributed by atoms with Crippen LogP contribution in [0.1, 0.15) is 32.6 Å². The molecule has 0 aromatic heterocycles. The second-order valence-electron chi connectivity index (χ2n) is 6.40. The van der Waals surface area contributed by atoms with Gasteiger partial charge >= 0.3 is 0 Å². The maximum absolute atomic E-state index is 13.3. The van der Waals surface area contributed by atoms with E-state index in [0.717, 1.165) is 27.9 Å². The van der Waals surface area contributed by atoms with Crippen LogP contribution in [0.2, 0.25) is 0 Å². The third-order valence-corrected chi connectivity index (χ3v) is 4.93. The molecule has 0 unspecified atom stereocenters. The minimum absolute atomic E-state index is 0.127. The molecule has 2 aliphatic rings. The van der Waals surface area contributed by atoms with E-state index in [0.29, 0.717) is 5.56 Å². The van der Waals surface area contributed by atoms with E-state index in [-0.39, 0.29) is 11.7 Å². The summed E-state index contributed by atoms with van der Waals surface area (Å²) in [6.45, 7) is 3.98. The fourth-order valence-corrected chi connectivity index (χ4v) is 3.92. The number of Topliss-reactive ketones (excluding diaryl/α,β-unsaturated/α-hetero) is 1. The second-order valence-corrected chi connectivity index (χ2v) is 6.40. The predicted octanol–water partition coefficient (Wildman–Crippen LogP) is 3.43. The SMILES string of the molecule is Cc1cc(C)c2c(c1)N(C)C(=O)[C@@]21C=Cc2ccccc2C1=O. The molecule has 23 heavy (non-hydrogen) atoms. The Morgan fingerprint density at radius 3 is 2.57 bits per heavy atom. The molecule has 0 saturated carbocycles. The highest BCUT2D eigenvalue weighted by Gasteiger charge is 2.55. The smallest absolute Gasteiger partial charge is 0.249 e. The molecule has 114 valence electrons. The van der Waals surface area contributed by atoms with Gasteiger partial charge in [-0.2, -0.15) is 0 Å². The van der Waals surface area contributed by atoms with E-state index in [1.165, 1.54) is 0 Å². The number of amides is 1. The number of ketones is 1. The van der Waals surface area contributed by atoms with Gasteiger partial charge in [-0.15, -0.1) is 0 Å². The van der Waals surface area contributed by atoms with Crippen LogP contribution in [0.15, 0.2) is 42.5 Å². The van der Waals surface area contributed by atoms with Gasteiger partial charge in [0.2, 0.25) is 5.91 Å². The number of fused-ring (bicyclic) bond motifs is 3. The van der Waals surface area contributed by atoms with Gasteiger partial charge < -0.3 is 4.90 Å². The first-order valence-electron chi connectivity index (χ1n) is 7.70. The Morgan fingerprint density at radius 2 is 1.78 bits per heavy atom. The van der Waals surface area contributed by atoms with E-state index in [1.54, 1.807) is 24.1 Å². The molecule has 3 nitrogen and oxygen atoms in total. The number of anilines is 1. The van der Waals surface area contributed by atoms with E-state index in [9.17, 15) is 9.59 Å². The number of nitrogens with zero attached hydrogens (tertiary/aromatic N) is 1. The number of likely N-dealkylation sites (N-methyl/N-ethyl adjacent to an activating group) is 1. The molecule has 1 heterocycles. The summed E-state index contributed by atoms with van der Waals surface area (Å²) in [5, 5.41) is 0. The summed E-state index contributed by atoms with van der Waals surface area (Å²) >= 11 is 0. The summed E-state index contributed by atoms with van der Waals surface area (Å²) in [6.07, 6.45) is 3.68. The third-order valence-electron chi connectivity index (χ3n) is 4.93. The number of benzene rings is 2. The number of rotatable bonds is 0. The van der Waals surface area contributed by atoms with Crippen LogP contribution < -0.4 is 4.90 Å². The monoisotopic (exact) mass is 303 g/mol. The van der Waals surface area contributed by atoms with Crippen molar-refractivity contribution in [3.05, 3.63) is 70.3 Å². The van der Waals surface area contributed by atoms with Crippen LogP contribution in [0.5, 0.6) is 0 Å². The van der Waals surface area contributed by atoms with Gasteiger partial charge in [0, 0.05) is 23.9 Å². The molecule has 1 aliphatic carbocycles. The fourth-order valence-electron chi connectivity index (χ4n) is 3.92. The molecule has 0 fully saturated rings. The van der Waals surface area contributed by atoms with Crippen molar-refractivity contribution in [3.63, 3.8) is 0 Å². The Bertz CT molecular complexity index is 910. The summed E-state index contributed by atoms with van der Waals surface area (Å²) in [7, 11) is 1.75. The fraction of sp³-hybridized carbons (Fsp3) is 0.200. The number of aryl methyl sites for hydroxylation is 2. The molecule has 3 heteroatoms. The van der Waals surface area contributed by atoms with Crippen LogP contribution in [0.25, 0.3) is 6.08 Å². The normalized spacial score (nSPS) is 21.8. The minimum Gasteiger partial charge on any atom is -0.314 e. The van der Waals surface area contributed by atoms with E-state index in [2.05, 4.69) is 0 Å². The van der Waals surface area contributed by atoms with Crippen molar-refractivity contribution in [2.45, 2.75) is 19.3 Å². The van der Waals surface area contributed by atoms with Gasteiger partial charge in [0.1, 0.15) is 0 Å². The molecule has 2 aromatic rings. The lowest BCUT2D eigenvalue weighted by Crippen LogP contribution is -2.45. The van der Waals surface area contributed by atoms with Crippen molar-refractivity contribution in [1.82, 2.24) is 0 Å². The van der Waals surface area contributed by atoms with Gasteiger partial charge in [-0.25, -0.2) is 0 Å². The van der Waals surface area contributed by atoms with E-state index >= 15 is 0 Å². The summed E-state index contributed by atoms with van der Waals surface area (Å²) < 4.78 is 0. The van der Waals surface area contributed by atoms with Crippen LogP contribution >= 0.6 is 0 Å². The molecule has 1 aliphatic heterocycles. The second kappa shape index (κ2) is 4.42. The molecule has 1 amide bonds. The van der Waals surface area contributed by atoms with E-state index in [4.69, 9.17) is 0 Å². The molecule has 0 bridgehead atoms. The third kappa shape index (κ3) is 1.59. The maximum atomic E-state index is 13.3. The van der Waals surface area contributed by atoms with Crippen LogP contribution in [0, 0.1) is 13.8 Å². The molecule has 0 N–H and O–H groups in total. The molecule has 2 aromatic carbocycles. The van der Waals surface area contributed by atoms with Crippen molar-refractivity contribution < 1.29 is 9.59 Å². The van der Waals surface area contributed by atoms with Gasteiger partial charge in [0.15, 0.2) is 11.2 Å². The first kappa shape index (κ1) is 13.9. The predicted molar refractivity (Wildman–Crippen MR) is 90.8 cm³/mol. The Morgan fingerprint density at radius 1 is 1.04 bits per heavy atom. The van der Waals surface area contributed by atoms with Crippen LogP contribution in [0.4, 0.5) is 5.69 Å². The minimum atomic E-state index is -1.21. The van der Waals surface area contributed by atoms with E-state index < -0.39 is 5.41 Å². The number of hydrogen-bond acceptors (Lipinski definition) is 2. The summed E-state index contributed by atoms with van der Waals surface area (Å²) in [5.74, 6) is -0.296. The lowest BCUT2D eigenvalue weighted by atomic mass is 9.70. The Labute approximate surface area is 135 Å². The highest BCUT2D eigenvalue weighted by molar-refractivity contribution is 6.30. The molecule has 0 saturated heterocycles. The van der Waals surface area contributed by atoms with Gasteiger partial charge in [-0.3, -0.25) is 9.59 Å². The molecule has 1 atom stereocenters. The lowest BCUT2D eigenvalue weighted by molar-refractivity contribution is -0.120. The zero-order valence-electron chi connectivity index (χ0n) is 13.4. The van der Waals surface area contributed by atoms with Crippen LogP contribution in [-0.4, -0.2) is 18.7 Å². The Hall–Kier alpha value is -2.68. The van der Waals surface area contributed by atoms with Crippen molar-refractivity contribution in [1.29, 1.82) is 0 Å². The quantitative estimate of drug-likeness (QED) is 0.699. The van der Waals surface area contributed by atoms with E-state index in [1.807, 2.05) is 50.3 Å². The zero-order chi connectivity index (χ0) is 16.4. The Balaban J connectivity index is 2.06. The largest absolute Gasteiger partial charge is 0.314 e. The Kier molecular flexibility index (Phi) is 2.68. The van der Waals surface area contributed by atoms with Gasteiger partial charge in [0.25, 0.3) is 0 Å². The average molecular weight is 303 g/mol. The number of carbonyl (C=O) groups excluding carboxylic acids is 2. The highest BCUT2D eigenvalue weighted by atomic mass is 16.2. The molecule has 4 rings (SSSR count). The molecular formula is C20H17NO2. The van der Waals surface area contributed by atoms with Crippen molar-refractivity contribution >= 4 is 23.5 Å². The summed E-state index contributed by atoms with van der Waals surface area (Å²) in [4.78, 5) is 28.0. The standard InChI is InChI=1S/C20H17NO2/c1-12-10-13(2)17-16(11-12)21(3)19(23)20(17)9-8-14-6-4-5-7-15(14)18(20)22/h4-11H,1-3H3/t20-/m0/s1. The van der Waals surface area contributed by atoms with Crippen molar-refractivity contribution in [3.8, 4) is 0 Å². The van der Waals surface area contributed by atoms with Gasteiger partial charge in [-0.1, -0.05) is 42.5 Å². The van der Waals surface area contributed by atoms with Crippen molar-refractivity contribution in [2.75, 3.05) is 11.9 Å². The number of hydrogen-bond donors (Lipinski definition) is 0. The molecular weight excluding hydrogens is 286 g/mol. The topological polar surface area (TPSA) is 37.4 Å². The van der Waals surface area contributed by atoms with Gasteiger partial charge in [-0.05, 0) is 36.6 Å². The first-order valence-corrected chi connectivity index (χ1v) is 7.70. The lowest BCUT2D eigenvalue weighted by Gasteiger charge is -2.28. The molecule has 0 radical (unpaired) electrons. The van der Waals surface area contributed by atoms with Crippen LogP contribution in [-0.2, 0) is 10.2 Å². The van der Waals surface area contributed by atoms with Crippen LogP contribution in [0.3, 0.4) is 0 Å². The highest BCUT2D eigenvalue weighted by Crippen LogP contribution is 2.48. The summed E-state index contributed by atoms with van der Waals surface area (Å²) in [5.41, 5.74) is 4.01. The summed E-state index contributed by atoms with van der Waals surface area (Å²) in [6, 6.07) is 11.5. The molecule has 1 spiro atoms. The van der Waals surface area contributed by atoms with Crippen molar-refractivity contribution in [2.24, 2.45) is 0 Å². The average Bonchev–Trinajstić information content (AvgIpc) is 2.74. The first-order chi connectivity index (χ1) is 11.0. The van der Waals surface area contributed by atoms with Gasteiger partial charge in [0.05, 0.1) is 0 Å². The zero-order valence-corrected chi connectivity index (χ0v) is 13.4.